The number of carbonyl (C=O) groups is 1. The molecule has 5 rings (SSSR count). The van der Waals surface area contributed by atoms with Gasteiger partial charge in [0.25, 0.3) is 5.91 Å². The molecule has 4 saturated carbocycles. The largest absolute Gasteiger partial charge is 0.482 e. The van der Waals surface area contributed by atoms with Gasteiger partial charge in [-0.25, -0.2) is 0 Å². The molecule has 0 radical (unpaired) electrons. The second-order valence-electron chi connectivity index (χ2n) is 7.64. The van der Waals surface area contributed by atoms with Crippen LogP contribution >= 0.6 is 0 Å². The first kappa shape index (κ1) is 14.6. The molecule has 0 heterocycles. The van der Waals surface area contributed by atoms with Gasteiger partial charge in [-0.1, -0.05) is 12.1 Å². The van der Waals surface area contributed by atoms with E-state index in [0.717, 1.165) is 37.0 Å². The summed E-state index contributed by atoms with van der Waals surface area (Å²) in [6.07, 6.45) is 7.50. The Kier molecular flexibility index (Phi) is 3.52. The van der Waals surface area contributed by atoms with Crippen LogP contribution in [0.5, 0.6) is 5.75 Å². The normalized spacial score (nSPS) is 34.0. The Labute approximate surface area is 136 Å². The third kappa shape index (κ3) is 2.81. The van der Waals surface area contributed by atoms with E-state index in [-0.39, 0.29) is 18.1 Å². The fraction of sp³-hybridized carbons (Fsp3) is 0.579. The molecule has 0 aliphatic heterocycles. The van der Waals surface area contributed by atoms with Crippen molar-refractivity contribution in [3.8, 4) is 11.8 Å². The van der Waals surface area contributed by atoms with Gasteiger partial charge in [0.05, 0.1) is 5.56 Å². The van der Waals surface area contributed by atoms with Gasteiger partial charge in [-0.2, -0.15) is 5.26 Å². The SMILES string of the molecule is N#Cc1ccccc1OCC(=O)NC12CC3CC(CC(C3)C1)C2. The minimum atomic E-state index is -0.0558. The van der Waals surface area contributed by atoms with Crippen molar-refractivity contribution in [2.24, 2.45) is 17.8 Å². The number of nitriles is 1. The number of carbonyl (C=O) groups excluding carboxylic acids is 1. The molecule has 0 atom stereocenters. The summed E-state index contributed by atoms with van der Waals surface area (Å²) in [4.78, 5) is 12.4. The zero-order valence-corrected chi connectivity index (χ0v) is 13.3. The van der Waals surface area contributed by atoms with Crippen LogP contribution in [0.4, 0.5) is 0 Å². The van der Waals surface area contributed by atoms with Crippen LogP contribution in [-0.2, 0) is 4.79 Å². The molecule has 0 unspecified atom stereocenters. The van der Waals surface area contributed by atoms with Crippen molar-refractivity contribution in [1.29, 1.82) is 5.26 Å². The van der Waals surface area contributed by atoms with Crippen LogP contribution in [0.1, 0.15) is 44.1 Å². The Balaban J connectivity index is 1.38. The highest BCUT2D eigenvalue weighted by Crippen LogP contribution is 2.55. The number of rotatable bonds is 4. The first-order chi connectivity index (χ1) is 11.2. The fourth-order valence-corrected chi connectivity index (χ4v) is 5.42. The van der Waals surface area contributed by atoms with Gasteiger partial charge < -0.3 is 10.1 Å². The van der Waals surface area contributed by atoms with Gasteiger partial charge in [0, 0.05) is 5.54 Å². The standard InChI is InChI=1S/C19H22N2O2/c20-11-16-3-1-2-4-17(16)23-12-18(22)21-19-8-13-5-14(9-19)7-15(6-13)10-19/h1-4,13-15H,5-10,12H2,(H,21,22). The van der Waals surface area contributed by atoms with Crippen LogP contribution in [0.25, 0.3) is 0 Å². The molecule has 1 aromatic carbocycles. The summed E-state index contributed by atoms with van der Waals surface area (Å²) in [7, 11) is 0. The van der Waals surface area contributed by atoms with Crippen molar-refractivity contribution in [2.45, 2.75) is 44.1 Å². The second kappa shape index (κ2) is 5.56. The molecule has 4 aliphatic carbocycles. The maximum Gasteiger partial charge on any atom is 0.258 e. The predicted octanol–water partition coefficient (Wildman–Crippen LogP) is 3.02. The number of hydrogen-bond acceptors (Lipinski definition) is 3. The van der Waals surface area contributed by atoms with E-state index in [1.54, 1.807) is 18.2 Å². The van der Waals surface area contributed by atoms with Gasteiger partial charge >= 0.3 is 0 Å². The van der Waals surface area contributed by atoms with E-state index in [1.165, 1.54) is 19.3 Å². The molecule has 4 aliphatic rings. The summed E-state index contributed by atoms with van der Waals surface area (Å²) < 4.78 is 5.57. The van der Waals surface area contributed by atoms with Crippen LogP contribution in [-0.4, -0.2) is 18.1 Å². The van der Waals surface area contributed by atoms with E-state index in [4.69, 9.17) is 10.00 Å². The Morgan fingerprint density at radius 3 is 2.39 bits per heavy atom. The number of benzene rings is 1. The summed E-state index contributed by atoms with van der Waals surface area (Å²) in [6.45, 7) is -0.0134. The molecule has 4 nitrogen and oxygen atoms in total. The molecule has 0 saturated heterocycles. The van der Waals surface area contributed by atoms with Crippen LogP contribution in [0, 0.1) is 29.1 Å². The summed E-state index contributed by atoms with van der Waals surface area (Å²) in [5, 5.41) is 12.3. The number of ether oxygens (including phenoxy) is 1. The molecule has 1 amide bonds. The molecule has 4 fully saturated rings. The summed E-state index contributed by atoms with van der Waals surface area (Å²) in [6, 6.07) is 9.13. The molecule has 4 bridgehead atoms. The monoisotopic (exact) mass is 310 g/mol. The van der Waals surface area contributed by atoms with Gasteiger partial charge in [-0.15, -0.1) is 0 Å². The Morgan fingerprint density at radius 1 is 1.17 bits per heavy atom. The highest BCUT2D eigenvalue weighted by molar-refractivity contribution is 5.78. The molecule has 1 aromatic rings. The van der Waals surface area contributed by atoms with Crippen LogP contribution in [0.15, 0.2) is 24.3 Å². The van der Waals surface area contributed by atoms with Crippen molar-refractivity contribution in [2.75, 3.05) is 6.61 Å². The number of nitrogens with one attached hydrogen (secondary N) is 1. The van der Waals surface area contributed by atoms with E-state index in [9.17, 15) is 4.79 Å². The highest BCUT2D eigenvalue weighted by Gasteiger charge is 2.51. The number of amides is 1. The van der Waals surface area contributed by atoms with Crippen molar-refractivity contribution >= 4 is 5.91 Å². The first-order valence-corrected chi connectivity index (χ1v) is 8.59. The molecular formula is C19H22N2O2. The third-order valence-electron chi connectivity index (χ3n) is 5.81. The number of para-hydroxylation sites is 1. The molecule has 23 heavy (non-hydrogen) atoms. The zero-order chi connectivity index (χ0) is 15.9. The maximum atomic E-state index is 12.4. The Bertz CT molecular complexity index is 626. The van der Waals surface area contributed by atoms with E-state index in [1.807, 2.05) is 6.07 Å². The highest BCUT2D eigenvalue weighted by atomic mass is 16.5. The summed E-state index contributed by atoms with van der Waals surface area (Å²) >= 11 is 0. The second-order valence-corrected chi connectivity index (χ2v) is 7.64. The number of hydrogen-bond donors (Lipinski definition) is 1. The quantitative estimate of drug-likeness (QED) is 0.930. The van der Waals surface area contributed by atoms with Gasteiger partial charge in [0.2, 0.25) is 0 Å². The topological polar surface area (TPSA) is 62.1 Å². The predicted molar refractivity (Wildman–Crippen MR) is 85.7 cm³/mol. The van der Waals surface area contributed by atoms with Crippen LogP contribution < -0.4 is 10.1 Å². The lowest BCUT2D eigenvalue weighted by molar-refractivity contribution is -0.128. The summed E-state index contributed by atoms with van der Waals surface area (Å²) in [5.74, 6) is 2.85. The molecule has 1 N–H and O–H groups in total. The van der Waals surface area contributed by atoms with E-state index < -0.39 is 0 Å². The Hall–Kier alpha value is -2.02. The van der Waals surface area contributed by atoms with Gasteiger partial charge in [0.15, 0.2) is 6.61 Å². The van der Waals surface area contributed by atoms with Gasteiger partial charge in [0.1, 0.15) is 11.8 Å². The lowest BCUT2D eigenvalue weighted by Crippen LogP contribution is -2.60. The van der Waals surface area contributed by atoms with Crippen molar-refractivity contribution in [3.05, 3.63) is 29.8 Å². The van der Waals surface area contributed by atoms with E-state index >= 15 is 0 Å². The lowest BCUT2D eigenvalue weighted by atomic mass is 9.53. The van der Waals surface area contributed by atoms with Gasteiger partial charge in [-0.05, 0) is 68.4 Å². The average Bonchev–Trinajstić information content (AvgIpc) is 2.51. The number of nitrogens with zero attached hydrogens (tertiary/aromatic N) is 1. The maximum absolute atomic E-state index is 12.4. The van der Waals surface area contributed by atoms with Crippen molar-refractivity contribution in [1.82, 2.24) is 5.32 Å². The fourth-order valence-electron chi connectivity index (χ4n) is 5.42. The Morgan fingerprint density at radius 2 is 1.78 bits per heavy atom. The van der Waals surface area contributed by atoms with E-state index in [0.29, 0.717) is 11.3 Å². The van der Waals surface area contributed by atoms with Gasteiger partial charge in [-0.3, -0.25) is 4.79 Å². The van der Waals surface area contributed by atoms with Crippen LogP contribution in [0.3, 0.4) is 0 Å². The van der Waals surface area contributed by atoms with Crippen molar-refractivity contribution in [3.63, 3.8) is 0 Å². The van der Waals surface area contributed by atoms with Crippen LogP contribution in [0.2, 0.25) is 0 Å². The smallest absolute Gasteiger partial charge is 0.258 e. The third-order valence-corrected chi connectivity index (χ3v) is 5.81. The summed E-state index contributed by atoms with van der Waals surface area (Å²) in [5.41, 5.74) is 0.485. The molecule has 4 heteroatoms. The zero-order valence-electron chi connectivity index (χ0n) is 13.3. The van der Waals surface area contributed by atoms with E-state index in [2.05, 4.69) is 11.4 Å². The lowest BCUT2D eigenvalue weighted by Gasteiger charge is -2.56. The minimum absolute atomic E-state index is 0.0134. The average molecular weight is 310 g/mol. The molecule has 120 valence electrons. The molecule has 0 spiro atoms. The first-order valence-electron chi connectivity index (χ1n) is 8.59. The van der Waals surface area contributed by atoms with Crippen molar-refractivity contribution < 1.29 is 9.53 Å². The molecule has 0 aromatic heterocycles. The minimum Gasteiger partial charge on any atom is -0.482 e. The molecular weight excluding hydrogens is 288 g/mol.